The van der Waals surface area contributed by atoms with Gasteiger partial charge in [-0.05, 0) is 24.6 Å². The van der Waals surface area contributed by atoms with Gasteiger partial charge in [-0.1, -0.05) is 17.5 Å². The van der Waals surface area contributed by atoms with Gasteiger partial charge in [-0.25, -0.2) is 0 Å². The van der Waals surface area contributed by atoms with E-state index in [0.29, 0.717) is 5.56 Å². The van der Waals surface area contributed by atoms with Crippen LogP contribution in [0.2, 0.25) is 5.02 Å². The summed E-state index contributed by atoms with van der Waals surface area (Å²) in [5, 5.41) is 11.1. The number of benzene rings is 1. The second kappa shape index (κ2) is 6.05. The maximum absolute atomic E-state index is 11.6. The number of carboxylic acids is 1. The Morgan fingerprint density at radius 3 is 2.72 bits per heavy atom. The van der Waals surface area contributed by atoms with Crippen molar-refractivity contribution >= 4 is 23.5 Å². The van der Waals surface area contributed by atoms with E-state index in [1.165, 1.54) is 18.2 Å². The number of carboxylic acid groups (broad SMARTS) is 1. The van der Waals surface area contributed by atoms with Crippen molar-refractivity contribution < 1.29 is 14.7 Å². The number of nitrogens with one attached hydrogen (secondary N) is 1. The van der Waals surface area contributed by atoms with Crippen LogP contribution in [0, 0.1) is 12.3 Å². The fourth-order valence-electron chi connectivity index (χ4n) is 1.15. The topological polar surface area (TPSA) is 92.4 Å². The molecule has 18 heavy (non-hydrogen) atoms. The molecule has 1 radical (unpaired) electrons. The molecule has 0 bridgehead atoms. The fraction of sp³-hybridized carbons (Fsp3) is 0.167. The van der Waals surface area contributed by atoms with Crippen molar-refractivity contribution in [3.63, 3.8) is 0 Å². The van der Waals surface area contributed by atoms with Crippen molar-refractivity contribution in [3.05, 3.63) is 40.8 Å². The number of halogens is 1. The fourth-order valence-corrected chi connectivity index (χ4v) is 1.38. The summed E-state index contributed by atoms with van der Waals surface area (Å²) in [4.78, 5) is 22.1. The van der Waals surface area contributed by atoms with E-state index >= 15 is 0 Å². The second-order valence-electron chi connectivity index (χ2n) is 3.47. The molecular formula is C12H10ClN2O3. The highest BCUT2D eigenvalue weighted by Crippen LogP contribution is 2.16. The van der Waals surface area contributed by atoms with Crippen LogP contribution in [0.4, 0.5) is 0 Å². The molecule has 5 nitrogen and oxygen atoms in total. The predicted octanol–water partition coefficient (Wildman–Crippen LogP) is 0.420. The molecule has 1 atom stereocenters. The first-order valence-corrected chi connectivity index (χ1v) is 5.32. The molecule has 0 heterocycles. The second-order valence-corrected chi connectivity index (χ2v) is 3.88. The quantitative estimate of drug-likeness (QED) is 0.688. The monoisotopic (exact) mass is 265 g/mol. The molecule has 1 rings (SSSR count). The van der Waals surface area contributed by atoms with Crippen LogP contribution in [0.15, 0.2) is 18.2 Å². The predicted molar refractivity (Wildman–Crippen MR) is 65.6 cm³/mol. The number of rotatable bonds is 4. The van der Waals surface area contributed by atoms with Crippen LogP contribution in [-0.4, -0.2) is 29.6 Å². The normalized spacial score (nSPS) is 11.4. The summed E-state index contributed by atoms with van der Waals surface area (Å²) in [6, 6.07) is 3.16. The number of hydrogen-bond acceptors (Lipinski definition) is 3. The van der Waals surface area contributed by atoms with Gasteiger partial charge in [0.1, 0.15) is 6.04 Å². The van der Waals surface area contributed by atoms with Gasteiger partial charge in [0.25, 0.3) is 5.91 Å². The van der Waals surface area contributed by atoms with E-state index in [-0.39, 0.29) is 17.1 Å². The molecule has 1 amide bonds. The number of amides is 1. The van der Waals surface area contributed by atoms with Crippen LogP contribution >= 0.6 is 11.6 Å². The summed E-state index contributed by atoms with van der Waals surface area (Å²) in [7, 11) is 0. The van der Waals surface area contributed by atoms with Gasteiger partial charge < -0.3 is 16.2 Å². The average Bonchev–Trinajstić information content (AvgIpc) is 2.35. The Balaban J connectivity index is 2.71. The molecule has 93 valence electrons. The van der Waals surface area contributed by atoms with Gasteiger partial charge in [0.15, 0.2) is 0 Å². The summed E-state index contributed by atoms with van der Waals surface area (Å²) in [6.45, 7) is -0.176. The van der Waals surface area contributed by atoms with Crippen LogP contribution < -0.4 is 11.1 Å². The Morgan fingerprint density at radius 1 is 1.56 bits per heavy atom. The molecule has 0 aromatic heterocycles. The van der Waals surface area contributed by atoms with E-state index in [0.717, 1.165) is 0 Å². The van der Waals surface area contributed by atoms with Gasteiger partial charge in [-0.2, -0.15) is 0 Å². The Kier molecular flexibility index (Phi) is 4.72. The molecule has 0 aliphatic carbocycles. The molecular weight excluding hydrogens is 256 g/mol. The first-order chi connectivity index (χ1) is 8.45. The molecule has 0 aliphatic rings. The highest BCUT2D eigenvalue weighted by molar-refractivity contribution is 6.32. The molecule has 1 aromatic carbocycles. The third-order valence-electron chi connectivity index (χ3n) is 2.17. The molecule has 0 fully saturated rings. The maximum atomic E-state index is 11.6. The molecule has 1 unspecified atom stereocenters. The Morgan fingerprint density at radius 2 is 2.22 bits per heavy atom. The Hall–Kier alpha value is -2.03. The number of aliphatic carboxylic acids is 1. The third kappa shape index (κ3) is 3.48. The first-order valence-electron chi connectivity index (χ1n) is 4.94. The van der Waals surface area contributed by atoms with Gasteiger partial charge in [0.2, 0.25) is 0 Å². The van der Waals surface area contributed by atoms with Crippen molar-refractivity contribution in [1.29, 1.82) is 0 Å². The zero-order valence-electron chi connectivity index (χ0n) is 9.24. The van der Waals surface area contributed by atoms with Crippen molar-refractivity contribution in [3.8, 4) is 5.92 Å². The van der Waals surface area contributed by atoms with Crippen LogP contribution in [0.25, 0.3) is 0 Å². The lowest BCUT2D eigenvalue weighted by Crippen LogP contribution is -2.42. The summed E-state index contributed by atoms with van der Waals surface area (Å²) in [5.41, 5.74) is 5.87. The zero-order chi connectivity index (χ0) is 13.7. The third-order valence-corrected chi connectivity index (χ3v) is 2.48. The summed E-state index contributed by atoms with van der Waals surface area (Å²) in [6.07, 6.45) is 6.93. The highest BCUT2D eigenvalue weighted by Gasteiger charge is 2.14. The van der Waals surface area contributed by atoms with Gasteiger partial charge >= 0.3 is 5.97 Å². The van der Waals surface area contributed by atoms with Crippen molar-refractivity contribution in [2.75, 3.05) is 6.54 Å². The Bertz CT molecular complexity index is 523. The van der Waals surface area contributed by atoms with E-state index in [2.05, 4.69) is 11.2 Å². The van der Waals surface area contributed by atoms with Gasteiger partial charge in [0.05, 0.1) is 5.02 Å². The molecule has 6 heteroatoms. The number of carbonyl (C=O) groups excluding carboxylic acids is 1. The summed E-state index contributed by atoms with van der Waals surface area (Å²) in [5.74, 6) is 0.441. The summed E-state index contributed by atoms with van der Waals surface area (Å²) < 4.78 is 0. The lowest BCUT2D eigenvalue weighted by Gasteiger charge is -2.09. The molecule has 0 spiro atoms. The number of hydrogen-bond donors (Lipinski definition) is 3. The Labute approximate surface area is 109 Å². The highest BCUT2D eigenvalue weighted by atomic mass is 35.5. The first kappa shape index (κ1) is 14.0. The van der Waals surface area contributed by atoms with Gasteiger partial charge in [0, 0.05) is 17.7 Å². The van der Waals surface area contributed by atoms with E-state index < -0.39 is 17.9 Å². The molecule has 0 saturated heterocycles. The average molecular weight is 266 g/mol. The molecule has 1 aromatic rings. The maximum Gasteiger partial charge on any atom is 0.322 e. The smallest absolute Gasteiger partial charge is 0.322 e. The van der Waals surface area contributed by atoms with Crippen LogP contribution in [0.3, 0.4) is 0 Å². The van der Waals surface area contributed by atoms with E-state index in [1.54, 1.807) is 0 Å². The van der Waals surface area contributed by atoms with Crippen LogP contribution in [-0.2, 0) is 4.79 Å². The minimum atomic E-state index is -1.19. The SMILES string of the molecule is [C]#Cc1ccc(C(=O)NCC(N)C(=O)O)cc1Cl. The van der Waals surface area contributed by atoms with Crippen LogP contribution in [0.5, 0.6) is 0 Å². The summed E-state index contributed by atoms with van der Waals surface area (Å²) >= 11 is 5.81. The standard InChI is InChI=1S/C12H10ClN2O3/c1-2-7-3-4-8(5-9(7)13)11(16)15-6-10(14)12(17)18/h3-5,10H,6,14H2,(H,15,16)(H,17,18). The molecule has 0 saturated carbocycles. The number of nitrogens with two attached hydrogens (primary N) is 1. The lowest BCUT2D eigenvalue weighted by molar-refractivity contribution is -0.138. The molecule has 0 aliphatic heterocycles. The van der Waals surface area contributed by atoms with E-state index in [4.69, 9.17) is 28.9 Å². The zero-order valence-corrected chi connectivity index (χ0v) is 9.99. The van der Waals surface area contributed by atoms with E-state index in [9.17, 15) is 9.59 Å². The largest absolute Gasteiger partial charge is 0.480 e. The number of carbonyl (C=O) groups is 2. The van der Waals surface area contributed by atoms with E-state index in [1.807, 2.05) is 0 Å². The van der Waals surface area contributed by atoms with Gasteiger partial charge in [-0.3, -0.25) is 9.59 Å². The minimum absolute atomic E-state index is 0.176. The van der Waals surface area contributed by atoms with Gasteiger partial charge in [-0.15, -0.1) is 0 Å². The van der Waals surface area contributed by atoms with Crippen molar-refractivity contribution in [2.45, 2.75) is 6.04 Å². The minimum Gasteiger partial charge on any atom is -0.480 e. The van der Waals surface area contributed by atoms with Crippen LogP contribution in [0.1, 0.15) is 15.9 Å². The van der Waals surface area contributed by atoms with Crippen molar-refractivity contribution in [1.82, 2.24) is 5.32 Å². The van der Waals surface area contributed by atoms with Crippen molar-refractivity contribution in [2.24, 2.45) is 5.73 Å². The molecule has 4 N–H and O–H groups in total. The lowest BCUT2D eigenvalue weighted by atomic mass is 10.1.